The highest BCUT2D eigenvalue weighted by Crippen LogP contribution is 2.23. The Bertz CT molecular complexity index is 950. The van der Waals surface area contributed by atoms with Gasteiger partial charge in [0, 0.05) is 51.9 Å². The molecule has 9 heteroatoms. The van der Waals surface area contributed by atoms with Crippen molar-refractivity contribution in [1.29, 1.82) is 0 Å². The van der Waals surface area contributed by atoms with Gasteiger partial charge in [0.15, 0.2) is 0 Å². The summed E-state index contributed by atoms with van der Waals surface area (Å²) in [5.41, 5.74) is 1.04. The van der Waals surface area contributed by atoms with Crippen LogP contribution >= 0.6 is 0 Å². The minimum atomic E-state index is -0.171. The van der Waals surface area contributed by atoms with Gasteiger partial charge in [0.25, 0.3) is 11.8 Å². The van der Waals surface area contributed by atoms with Gasteiger partial charge in [0.1, 0.15) is 18.0 Å². The summed E-state index contributed by atoms with van der Waals surface area (Å²) in [5.74, 6) is 1.58. The van der Waals surface area contributed by atoms with Crippen molar-refractivity contribution in [3.63, 3.8) is 0 Å². The molecule has 0 radical (unpaired) electrons. The highest BCUT2D eigenvalue weighted by Gasteiger charge is 2.34. The number of piperazine rings is 1. The van der Waals surface area contributed by atoms with Crippen LogP contribution < -0.4 is 9.80 Å². The third-order valence-electron chi connectivity index (χ3n) is 6.40. The van der Waals surface area contributed by atoms with E-state index in [4.69, 9.17) is 4.74 Å². The summed E-state index contributed by atoms with van der Waals surface area (Å²) in [6.45, 7) is 8.16. The van der Waals surface area contributed by atoms with Gasteiger partial charge in [0.2, 0.25) is 0 Å². The van der Waals surface area contributed by atoms with Crippen LogP contribution in [0.3, 0.4) is 0 Å². The molecule has 32 heavy (non-hydrogen) atoms. The lowest BCUT2D eigenvalue weighted by molar-refractivity contribution is 0.0647. The number of carbonyl (C=O) groups is 2. The van der Waals surface area contributed by atoms with Crippen LogP contribution in [-0.2, 0) is 4.74 Å². The molecular weight excluding hydrogens is 408 g/mol. The number of fused-ring (bicyclic) bond motifs is 1. The first-order chi connectivity index (χ1) is 15.7. The van der Waals surface area contributed by atoms with Gasteiger partial charge in [-0.05, 0) is 25.1 Å². The zero-order valence-electron chi connectivity index (χ0n) is 18.2. The van der Waals surface area contributed by atoms with Crippen LogP contribution in [0.5, 0.6) is 0 Å². The molecule has 0 N–H and O–H groups in total. The summed E-state index contributed by atoms with van der Waals surface area (Å²) in [6, 6.07) is 9.13. The second-order valence-electron chi connectivity index (χ2n) is 8.32. The molecular formula is C23H28N6O3. The summed E-state index contributed by atoms with van der Waals surface area (Å²) >= 11 is 0. The van der Waals surface area contributed by atoms with Gasteiger partial charge in [-0.1, -0.05) is 12.1 Å². The fraction of sp³-hybridized carbons (Fsp3) is 0.478. The van der Waals surface area contributed by atoms with Crippen molar-refractivity contribution in [3.05, 3.63) is 47.8 Å². The summed E-state index contributed by atoms with van der Waals surface area (Å²) in [6.07, 6.45) is 2.43. The van der Waals surface area contributed by atoms with Crippen LogP contribution in [0.2, 0.25) is 0 Å². The van der Waals surface area contributed by atoms with Crippen LogP contribution in [0.4, 0.5) is 11.6 Å². The third kappa shape index (κ3) is 4.18. The van der Waals surface area contributed by atoms with Crippen molar-refractivity contribution in [3.8, 4) is 0 Å². The van der Waals surface area contributed by atoms with Crippen molar-refractivity contribution >= 4 is 23.5 Å². The molecule has 3 aliphatic rings. The van der Waals surface area contributed by atoms with E-state index in [0.717, 1.165) is 77.1 Å². The lowest BCUT2D eigenvalue weighted by atomic mass is 10.1. The molecule has 1 aromatic carbocycles. The summed E-state index contributed by atoms with van der Waals surface area (Å²) in [4.78, 5) is 42.2. The SMILES string of the molecule is O=C1c2ccccc2C(=O)N1CCCN1CCN(c2cc(N3CCOCC3)ncn2)CC1. The maximum atomic E-state index is 12.5. The molecule has 1 aromatic heterocycles. The number of carbonyl (C=O) groups excluding carboxylic acids is 2. The molecule has 0 atom stereocenters. The van der Waals surface area contributed by atoms with E-state index in [2.05, 4.69) is 30.7 Å². The van der Waals surface area contributed by atoms with Gasteiger partial charge < -0.3 is 14.5 Å². The van der Waals surface area contributed by atoms with Gasteiger partial charge in [-0.2, -0.15) is 0 Å². The van der Waals surface area contributed by atoms with Crippen LogP contribution in [0.15, 0.2) is 36.7 Å². The molecule has 0 aliphatic carbocycles. The van der Waals surface area contributed by atoms with E-state index < -0.39 is 0 Å². The van der Waals surface area contributed by atoms with E-state index in [0.29, 0.717) is 17.7 Å². The summed E-state index contributed by atoms with van der Waals surface area (Å²) in [5, 5.41) is 0. The molecule has 168 valence electrons. The molecule has 0 spiro atoms. The molecule has 3 aliphatic heterocycles. The second-order valence-corrected chi connectivity index (χ2v) is 8.32. The Balaban J connectivity index is 1.10. The Morgan fingerprint density at radius 1 is 0.781 bits per heavy atom. The number of rotatable bonds is 6. The number of hydrogen-bond donors (Lipinski definition) is 0. The number of hydrogen-bond acceptors (Lipinski definition) is 8. The Kier molecular flexibility index (Phi) is 6.00. The third-order valence-corrected chi connectivity index (χ3v) is 6.40. The molecule has 2 saturated heterocycles. The molecule has 2 aromatic rings. The lowest BCUT2D eigenvalue weighted by Gasteiger charge is -2.36. The zero-order chi connectivity index (χ0) is 21.9. The fourth-order valence-corrected chi connectivity index (χ4v) is 4.57. The highest BCUT2D eigenvalue weighted by molar-refractivity contribution is 6.21. The number of ether oxygens (including phenoxy) is 1. The Labute approximate surface area is 187 Å². The number of anilines is 2. The molecule has 0 unspecified atom stereocenters. The van der Waals surface area contributed by atoms with Crippen LogP contribution in [0, 0.1) is 0 Å². The van der Waals surface area contributed by atoms with Gasteiger partial charge in [-0.3, -0.25) is 19.4 Å². The number of morpholine rings is 1. The smallest absolute Gasteiger partial charge is 0.261 e. The first-order valence-electron chi connectivity index (χ1n) is 11.3. The van der Waals surface area contributed by atoms with Gasteiger partial charge in [-0.25, -0.2) is 9.97 Å². The molecule has 2 fully saturated rings. The van der Waals surface area contributed by atoms with Gasteiger partial charge >= 0.3 is 0 Å². The average molecular weight is 437 g/mol. The topological polar surface area (TPSA) is 82.1 Å². The number of benzene rings is 1. The number of nitrogens with zero attached hydrogens (tertiary/aromatic N) is 6. The molecule has 0 saturated carbocycles. The lowest BCUT2D eigenvalue weighted by Crippen LogP contribution is -2.47. The largest absolute Gasteiger partial charge is 0.378 e. The minimum Gasteiger partial charge on any atom is -0.378 e. The van der Waals surface area contributed by atoms with Crippen molar-refractivity contribution in [2.75, 3.05) is 75.4 Å². The van der Waals surface area contributed by atoms with Crippen LogP contribution in [-0.4, -0.2) is 97.2 Å². The summed E-state index contributed by atoms with van der Waals surface area (Å²) in [7, 11) is 0. The minimum absolute atomic E-state index is 0.171. The normalized spacial score (nSPS) is 19.6. The first kappa shape index (κ1) is 20.8. The van der Waals surface area contributed by atoms with E-state index in [1.54, 1.807) is 30.6 Å². The molecule has 0 bridgehead atoms. The monoisotopic (exact) mass is 436 g/mol. The predicted molar refractivity (Wildman–Crippen MR) is 120 cm³/mol. The molecule has 4 heterocycles. The number of imide groups is 1. The van der Waals surface area contributed by atoms with E-state index in [-0.39, 0.29) is 11.8 Å². The van der Waals surface area contributed by atoms with E-state index in [9.17, 15) is 9.59 Å². The van der Waals surface area contributed by atoms with Crippen LogP contribution in [0.25, 0.3) is 0 Å². The van der Waals surface area contributed by atoms with Crippen LogP contribution in [0.1, 0.15) is 27.1 Å². The quantitative estimate of drug-likeness (QED) is 0.624. The fourth-order valence-electron chi connectivity index (χ4n) is 4.57. The number of amides is 2. The maximum absolute atomic E-state index is 12.5. The standard InChI is InChI=1S/C23H28N6O3/c30-22-18-4-1-2-5-19(18)23(31)29(22)7-3-6-26-8-10-27(11-9-26)20-16-21(25-17-24-20)28-12-14-32-15-13-28/h1-2,4-5,16-17H,3,6-15H2. The van der Waals surface area contributed by atoms with Crippen molar-refractivity contribution in [2.45, 2.75) is 6.42 Å². The average Bonchev–Trinajstić information content (AvgIpc) is 3.10. The van der Waals surface area contributed by atoms with Gasteiger partial charge in [-0.15, -0.1) is 0 Å². The van der Waals surface area contributed by atoms with Gasteiger partial charge in [0.05, 0.1) is 24.3 Å². The highest BCUT2D eigenvalue weighted by atomic mass is 16.5. The Hall–Kier alpha value is -3.04. The van der Waals surface area contributed by atoms with E-state index >= 15 is 0 Å². The Morgan fingerprint density at radius 2 is 1.38 bits per heavy atom. The van der Waals surface area contributed by atoms with E-state index in [1.807, 2.05) is 0 Å². The maximum Gasteiger partial charge on any atom is 0.261 e. The molecule has 5 rings (SSSR count). The Morgan fingerprint density at radius 3 is 2.00 bits per heavy atom. The second kappa shape index (κ2) is 9.22. The van der Waals surface area contributed by atoms with E-state index in [1.165, 1.54) is 4.90 Å². The first-order valence-corrected chi connectivity index (χ1v) is 11.3. The molecule has 2 amide bonds. The zero-order valence-corrected chi connectivity index (χ0v) is 18.2. The summed E-state index contributed by atoms with van der Waals surface area (Å²) < 4.78 is 5.43. The van der Waals surface area contributed by atoms with Crippen molar-refractivity contribution in [2.24, 2.45) is 0 Å². The predicted octanol–water partition coefficient (Wildman–Crippen LogP) is 1.12. The van der Waals surface area contributed by atoms with Crippen molar-refractivity contribution < 1.29 is 14.3 Å². The van der Waals surface area contributed by atoms with Crippen molar-refractivity contribution in [1.82, 2.24) is 19.8 Å². The molecule has 9 nitrogen and oxygen atoms in total. The number of aromatic nitrogens is 2.